The van der Waals surface area contributed by atoms with E-state index in [4.69, 9.17) is 0 Å². The molecule has 12 nitrogen and oxygen atoms in total. The van der Waals surface area contributed by atoms with Crippen molar-refractivity contribution in [3.63, 3.8) is 0 Å². The van der Waals surface area contributed by atoms with Gasteiger partial charge < -0.3 is 10.6 Å². The SMILES string of the molecule is COS(=O)(=O)Cc1nc(Nc2ccc(N=Nc3ccccc3)cc2)nc(Nc2ccc(N=Nc3ccccc3)cc2)n1. The number of azo groups is 2. The number of rotatable bonds is 11. The first-order valence-corrected chi connectivity index (χ1v) is 14.2. The molecule has 5 aromatic rings. The molecule has 4 aromatic carbocycles. The molecule has 42 heavy (non-hydrogen) atoms. The van der Waals surface area contributed by atoms with E-state index < -0.39 is 15.9 Å². The van der Waals surface area contributed by atoms with Gasteiger partial charge in [0.25, 0.3) is 10.1 Å². The minimum Gasteiger partial charge on any atom is -0.324 e. The molecule has 0 fully saturated rings. The van der Waals surface area contributed by atoms with Crippen molar-refractivity contribution < 1.29 is 12.6 Å². The van der Waals surface area contributed by atoms with Gasteiger partial charge in [0.15, 0.2) is 5.82 Å². The van der Waals surface area contributed by atoms with Gasteiger partial charge in [-0.3, -0.25) is 4.18 Å². The number of hydrogen-bond acceptors (Lipinski definition) is 12. The number of anilines is 4. The van der Waals surface area contributed by atoms with E-state index in [1.54, 1.807) is 48.5 Å². The maximum atomic E-state index is 12.1. The first-order chi connectivity index (χ1) is 20.4. The third-order valence-corrected chi connectivity index (χ3v) is 6.68. The summed E-state index contributed by atoms with van der Waals surface area (Å²) >= 11 is 0. The molecule has 0 aliphatic heterocycles. The molecule has 210 valence electrons. The van der Waals surface area contributed by atoms with Crippen LogP contribution in [0.15, 0.2) is 130 Å². The van der Waals surface area contributed by atoms with Crippen molar-refractivity contribution in [1.29, 1.82) is 0 Å². The van der Waals surface area contributed by atoms with Crippen molar-refractivity contribution in [2.75, 3.05) is 17.7 Å². The van der Waals surface area contributed by atoms with E-state index in [0.717, 1.165) is 18.5 Å². The molecule has 2 N–H and O–H groups in total. The highest BCUT2D eigenvalue weighted by atomic mass is 32.2. The maximum absolute atomic E-state index is 12.1. The van der Waals surface area contributed by atoms with Gasteiger partial charge >= 0.3 is 0 Å². The van der Waals surface area contributed by atoms with E-state index in [9.17, 15) is 8.42 Å². The van der Waals surface area contributed by atoms with Crippen LogP contribution < -0.4 is 10.6 Å². The lowest BCUT2D eigenvalue weighted by Gasteiger charge is -2.11. The molecule has 5 rings (SSSR count). The summed E-state index contributed by atoms with van der Waals surface area (Å²) in [7, 11) is -2.79. The van der Waals surface area contributed by atoms with Crippen LogP contribution in [0.1, 0.15) is 5.82 Å². The quantitative estimate of drug-likeness (QED) is 0.119. The van der Waals surface area contributed by atoms with Crippen LogP contribution in [0.4, 0.5) is 46.0 Å². The minimum absolute atomic E-state index is 0.00147. The predicted molar refractivity (Wildman–Crippen MR) is 160 cm³/mol. The molecule has 0 unspecified atom stereocenters. The Bertz CT molecular complexity index is 1670. The highest BCUT2D eigenvalue weighted by Crippen LogP contribution is 2.24. The number of aromatic nitrogens is 3. The highest BCUT2D eigenvalue weighted by molar-refractivity contribution is 7.85. The van der Waals surface area contributed by atoms with Gasteiger partial charge in [-0.25, -0.2) is 0 Å². The van der Waals surface area contributed by atoms with Crippen LogP contribution in [0.5, 0.6) is 0 Å². The van der Waals surface area contributed by atoms with E-state index in [0.29, 0.717) is 22.7 Å². The Kier molecular flexibility index (Phi) is 8.91. The molecular formula is C29H25N9O3S. The van der Waals surface area contributed by atoms with Gasteiger partial charge in [-0.2, -0.15) is 43.8 Å². The van der Waals surface area contributed by atoms with Crippen molar-refractivity contribution >= 4 is 56.1 Å². The summed E-state index contributed by atoms with van der Waals surface area (Å²) in [6.07, 6.45) is 0. The summed E-state index contributed by atoms with van der Waals surface area (Å²) in [4.78, 5) is 12.9. The molecule has 0 spiro atoms. The fourth-order valence-electron chi connectivity index (χ4n) is 3.51. The highest BCUT2D eigenvalue weighted by Gasteiger charge is 2.16. The number of nitrogens with zero attached hydrogens (tertiary/aromatic N) is 7. The number of benzene rings is 4. The predicted octanol–water partition coefficient (Wildman–Crippen LogP) is 7.67. The van der Waals surface area contributed by atoms with Crippen molar-refractivity contribution in [2.24, 2.45) is 20.5 Å². The second kappa shape index (κ2) is 13.3. The lowest BCUT2D eigenvalue weighted by molar-refractivity contribution is 0.396. The molecule has 1 heterocycles. The number of hydrogen-bond donors (Lipinski definition) is 2. The fraction of sp³-hybridized carbons (Fsp3) is 0.0690. The summed E-state index contributed by atoms with van der Waals surface area (Å²) < 4.78 is 28.8. The van der Waals surface area contributed by atoms with Crippen molar-refractivity contribution in [3.05, 3.63) is 115 Å². The molecule has 0 radical (unpaired) electrons. The van der Waals surface area contributed by atoms with Gasteiger partial charge in [0, 0.05) is 11.4 Å². The van der Waals surface area contributed by atoms with Crippen LogP contribution in [0, 0.1) is 0 Å². The Morgan fingerprint density at radius 2 is 0.952 bits per heavy atom. The Hall–Kier alpha value is -5.40. The molecule has 0 aliphatic carbocycles. The van der Waals surface area contributed by atoms with Gasteiger partial charge in [-0.15, -0.1) is 0 Å². The molecule has 0 aliphatic rings. The molecule has 0 amide bonds. The van der Waals surface area contributed by atoms with E-state index in [2.05, 4.69) is 50.2 Å². The van der Waals surface area contributed by atoms with Crippen LogP contribution in [0.2, 0.25) is 0 Å². The van der Waals surface area contributed by atoms with Crippen LogP contribution in [-0.2, 0) is 20.1 Å². The van der Waals surface area contributed by atoms with E-state index in [-0.39, 0.29) is 17.7 Å². The smallest absolute Gasteiger partial charge is 0.274 e. The standard InChI is InChI=1S/C29H25N9O3S/c1-41-42(39,40)20-27-32-28(30-21-12-16-25(17-13-21)37-35-23-8-4-2-5-9-23)34-29(33-27)31-22-14-18-26(19-15-22)38-36-24-10-6-3-7-11-24/h2-19H,20H2,1H3,(H2,30,31,32,33,34). The van der Waals surface area contributed by atoms with Gasteiger partial charge in [0.05, 0.1) is 29.9 Å². The Morgan fingerprint density at radius 1 is 0.571 bits per heavy atom. The number of nitrogens with one attached hydrogen (secondary N) is 2. The molecule has 0 saturated carbocycles. The zero-order valence-electron chi connectivity index (χ0n) is 22.4. The lowest BCUT2D eigenvalue weighted by atomic mass is 10.3. The van der Waals surface area contributed by atoms with E-state index >= 15 is 0 Å². The Balaban J connectivity index is 1.32. The van der Waals surface area contributed by atoms with E-state index in [1.807, 2.05) is 60.7 Å². The Morgan fingerprint density at radius 3 is 1.33 bits per heavy atom. The normalized spacial score (nSPS) is 11.6. The first-order valence-electron chi connectivity index (χ1n) is 12.7. The topological polar surface area (TPSA) is 156 Å². The average Bonchev–Trinajstić information content (AvgIpc) is 3.01. The molecule has 0 bridgehead atoms. The molecule has 0 saturated heterocycles. The average molecular weight is 580 g/mol. The second-order valence-corrected chi connectivity index (χ2v) is 10.4. The van der Waals surface area contributed by atoms with Gasteiger partial charge in [-0.1, -0.05) is 36.4 Å². The molecular weight excluding hydrogens is 554 g/mol. The Labute approximate surface area is 242 Å². The molecule has 0 atom stereocenters. The van der Waals surface area contributed by atoms with Gasteiger partial charge in [0.2, 0.25) is 11.9 Å². The monoisotopic (exact) mass is 579 g/mol. The van der Waals surface area contributed by atoms with Crippen molar-refractivity contribution in [3.8, 4) is 0 Å². The van der Waals surface area contributed by atoms with Gasteiger partial charge in [-0.05, 0) is 72.8 Å². The largest absolute Gasteiger partial charge is 0.324 e. The van der Waals surface area contributed by atoms with Crippen LogP contribution in [-0.4, -0.2) is 30.5 Å². The van der Waals surface area contributed by atoms with Crippen LogP contribution >= 0.6 is 0 Å². The van der Waals surface area contributed by atoms with Crippen molar-refractivity contribution in [2.45, 2.75) is 5.75 Å². The van der Waals surface area contributed by atoms with Crippen LogP contribution in [0.25, 0.3) is 0 Å². The minimum atomic E-state index is -3.88. The van der Waals surface area contributed by atoms with Gasteiger partial charge in [0.1, 0.15) is 5.75 Å². The zero-order valence-corrected chi connectivity index (χ0v) is 23.2. The second-order valence-electron chi connectivity index (χ2n) is 8.68. The molecule has 1 aromatic heterocycles. The summed E-state index contributed by atoms with van der Waals surface area (Å²) in [6.45, 7) is 0. The first kappa shape index (κ1) is 28.1. The summed E-state index contributed by atoms with van der Waals surface area (Å²) in [5.74, 6) is -0.257. The summed E-state index contributed by atoms with van der Waals surface area (Å²) in [5, 5.41) is 23.0. The van der Waals surface area contributed by atoms with E-state index in [1.165, 1.54) is 0 Å². The third kappa shape index (κ3) is 8.30. The maximum Gasteiger partial charge on any atom is 0.274 e. The van der Waals surface area contributed by atoms with Crippen molar-refractivity contribution in [1.82, 2.24) is 15.0 Å². The fourth-order valence-corrected chi connectivity index (χ4v) is 4.08. The lowest BCUT2D eigenvalue weighted by Crippen LogP contribution is -2.12. The third-order valence-electron chi connectivity index (χ3n) is 5.56. The molecule has 13 heteroatoms. The summed E-state index contributed by atoms with van der Waals surface area (Å²) in [5.41, 5.74) is 4.10. The zero-order chi connectivity index (χ0) is 29.2. The summed E-state index contributed by atoms with van der Waals surface area (Å²) in [6, 6.07) is 33.1. The van der Waals surface area contributed by atoms with Crippen LogP contribution in [0.3, 0.4) is 0 Å².